The molecule has 0 aliphatic carbocycles. The summed E-state index contributed by atoms with van der Waals surface area (Å²) in [5.74, 6) is 0. The van der Waals surface area contributed by atoms with Gasteiger partial charge in [-0.3, -0.25) is 0 Å². The Bertz CT molecular complexity index is 546. The molecule has 1 aromatic carbocycles. The Kier molecular flexibility index (Phi) is 6.43. The van der Waals surface area contributed by atoms with Crippen molar-refractivity contribution in [2.75, 3.05) is 0 Å². The summed E-state index contributed by atoms with van der Waals surface area (Å²) in [6.07, 6.45) is -5.00. The first-order valence-electron chi connectivity index (χ1n) is 8.84. The van der Waals surface area contributed by atoms with E-state index in [1.54, 1.807) is 6.92 Å². The monoisotopic (exact) mass is 370 g/mol. The van der Waals surface area contributed by atoms with Crippen molar-refractivity contribution in [2.45, 2.75) is 83.2 Å². The smallest absolute Gasteiger partial charge is 0.192 e. The fourth-order valence-electron chi connectivity index (χ4n) is 2.63. The van der Waals surface area contributed by atoms with Crippen LogP contribution in [0.5, 0.6) is 0 Å². The SMILES string of the molecule is C[C@H]1O[C@H](O)[C@H](F)[C@@H](O[Si](C)(C)C(C)(C)C)[C@H]1OCc1ccccc1. The second kappa shape index (κ2) is 7.84. The fourth-order valence-corrected chi connectivity index (χ4v) is 3.93. The topological polar surface area (TPSA) is 47.9 Å². The molecule has 4 nitrogen and oxygen atoms in total. The van der Waals surface area contributed by atoms with E-state index in [9.17, 15) is 9.50 Å². The van der Waals surface area contributed by atoms with Crippen LogP contribution in [0.2, 0.25) is 18.1 Å². The summed E-state index contributed by atoms with van der Waals surface area (Å²) in [6, 6.07) is 9.72. The minimum Gasteiger partial charge on any atom is -0.408 e. The summed E-state index contributed by atoms with van der Waals surface area (Å²) in [7, 11) is -2.23. The summed E-state index contributed by atoms with van der Waals surface area (Å²) < 4.78 is 32.4. The van der Waals surface area contributed by atoms with E-state index in [0.29, 0.717) is 6.61 Å². The predicted molar refractivity (Wildman–Crippen MR) is 98.5 cm³/mol. The third-order valence-electron chi connectivity index (χ3n) is 5.25. The van der Waals surface area contributed by atoms with Gasteiger partial charge in [0.15, 0.2) is 20.8 Å². The Hall–Kier alpha value is -0.793. The molecule has 1 aromatic rings. The summed E-state index contributed by atoms with van der Waals surface area (Å²) in [6.45, 7) is 12.6. The van der Waals surface area contributed by atoms with Crippen molar-refractivity contribution in [1.82, 2.24) is 0 Å². The van der Waals surface area contributed by atoms with Gasteiger partial charge in [0.2, 0.25) is 0 Å². The zero-order chi connectivity index (χ0) is 18.8. The van der Waals surface area contributed by atoms with E-state index in [-0.39, 0.29) is 5.04 Å². The van der Waals surface area contributed by atoms with Crippen LogP contribution in [0.25, 0.3) is 0 Å². The molecule has 0 unspecified atom stereocenters. The molecule has 0 amide bonds. The fraction of sp³-hybridized carbons (Fsp3) is 0.684. The normalized spacial score (nSPS) is 31.1. The summed E-state index contributed by atoms with van der Waals surface area (Å²) in [5, 5.41) is 9.84. The average molecular weight is 371 g/mol. The Balaban J connectivity index is 2.17. The standard InChI is InChI=1S/C19H31FO4Si/c1-13-16(22-12-14-10-8-7-9-11-14)17(15(20)18(21)23-13)24-25(5,6)19(2,3)4/h7-11,13,15-18,21H,12H2,1-6H3/t13-,15-,16+,17-,18+/m1/s1. The lowest BCUT2D eigenvalue weighted by Gasteiger charge is -2.46. The number of rotatable bonds is 5. The molecule has 0 spiro atoms. The van der Waals surface area contributed by atoms with Crippen molar-refractivity contribution >= 4 is 8.32 Å². The zero-order valence-electron chi connectivity index (χ0n) is 16.0. The van der Waals surface area contributed by atoms with Crippen molar-refractivity contribution in [1.29, 1.82) is 0 Å². The molecule has 142 valence electrons. The van der Waals surface area contributed by atoms with Crippen LogP contribution >= 0.6 is 0 Å². The first-order chi connectivity index (χ1) is 11.5. The Morgan fingerprint density at radius 3 is 2.32 bits per heavy atom. The van der Waals surface area contributed by atoms with Crippen molar-refractivity contribution in [3.63, 3.8) is 0 Å². The average Bonchev–Trinajstić information content (AvgIpc) is 2.51. The van der Waals surface area contributed by atoms with E-state index in [1.807, 2.05) is 30.3 Å². The highest BCUT2D eigenvalue weighted by Crippen LogP contribution is 2.40. The summed E-state index contributed by atoms with van der Waals surface area (Å²) in [4.78, 5) is 0. The van der Waals surface area contributed by atoms with E-state index in [4.69, 9.17) is 13.9 Å². The number of aliphatic hydroxyl groups is 1. The first-order valence-corrected chi connectivity index (χ1v) is 11.7. The van der Waals surface area contributed by atoms with E-state index < -0.39 is 39.1 Å². The van der Waals surface area contributed by atoms with Crippen LogP contribution in [-0.4, -0.2) is 44.2 Å². The lowest BCUT2D eigenvalue weighted by Crippen LogP contribution is -2.60. The van der Waals surface area contributed by atoms with Gasteiger partial charge in [0.05, 0.1) is 12.7 Å². The van der Waals surface area contributed by atoms with Crippen LogP contribution in [0.15, 0.2) is 30.3 Å². The maximum atomic E-state index is 14.8. The zero-order valence-corrected chi connectivity index (χ0v) is 17.0. The molecule has 1 aliphatic rings. The quantitative estimate of drug-likeness (QED) is 0.795. The molecule has 2 rings (SSSR count). The summed E-state index contributed by atoms with van der Waals surface area (Å²) >= 11 is 0. The minimum atomic E-state index is -2.23. The third-order valence-corrected chi connectivity index (χ3v) is 9.72. The van der Waals surface area contributed by atoms with Crippen LogP contribution in [0.3, 0.4) is 0 Å². The number of hydrogen-bond acceptors (Lipinski definition) is 4. The van der Waals surface area contributed by atoms with Gasteiger partial charge in [-0.1, -0.05) is 51.1 Å². The van der Waals surface area contributed by atoms with E-state index in [2.05, 4.69) is 33.9 Å². The van der Waals surface area contributed by atoms with E-state index >= 15 is 0 Å². The van der Waals surface area contributed by atoms with Crippen LogP contribution in [-0.2, 0) is 20.5 Å². The lowest BCUT2D eigenvalue weighted by atomic mass is 10.0. The van der Waals surface area contributed by atoms with Gasteiger partial charge in [0.25, 0.3) is 0 Å². The van der Waals surface area contributed by atoms with Crippen LogP contribution in [0, 0.1) is 0 Å². The second-order valence-electron chi connectivity index (χ2n) is 8.28. The number of halogens is 1. The van der Waals surface area contributed by atoms with E-state index in [0.717, 1.165) is 5.56 Å². The molecule has 1 fully saturated rings. The van der Waals surface area contributed by atoms with Gasteiger partial charge in [-0.25, -0.2) is 4.39 Å². The Morgan fingerprint density at radius 1 is 1.16 bits per heavy atom. The molecule has 1 aliphatic heterocycles. The van der Waals surface area contributed by atoms with Gasteiger partial charge >= 0.3 is 0 Å². The molecule has 6 heteroatoms. The van der Waals surface area contributed by atoms with Crippen molar-refractivity contribution in [3.8, 4) is 0 Å². The lowest BCUT2D eigenvalue weighted by molar-refractivity contribution is -0.268. The second-order valence-corrected chi connectivity index (χ2v) is 13.0. The minimum absolute atomic E-state index is 0.0663. The number of benzene rings is 1. The molecular weight excluding hydrogens is 339 g/mol. The molecule has 0 aromatic heterocycles. The maximum absolute atomic E-state index is 14.8. The molecular formula is C19H31FO4Si. The highest BCUT2D eigenvalue weighted by atomic mass is 28.4. The number of hydrogen-bond donors (Lipinski definition) is 1. The van der Waals surface area contributed by atoms with Crippen LogP contribution < -0.4 is 0 Å². The number of ether oxygens (including phenoxy) is 2. The first kappa shape index (κ1) is 20.5. The Labute approximate surface area is 151 Å². The highest BCUT2D eigenvalue weighted by molar-refractivity contribution is 6.74. The number of aliphatic hydroxyl groups excluding tert-OH is 1. The van der Waals surface area contributed by atoms with Crippen molar-refractivity contribution < 1.29 is 23.4 Å². The van der Waals surface area contributed by atoms with Gasteiger partial charge in [-0.05, 0) is 30.6 Å². The van der Waals surface area contributed by atoms with Gasteiger partial charge in [-0.2, -0.15) is 0 Å². The maximum Gasteiger partial charge on any atom is 0.192 e. The van der Waals surface area contributed by atoms with Gasteiger partial charge < -0.3 is 19.0 Å². The molecule has 5 atom stereocenters. The molecule has 25 heavy (non-hydrogen) atoms. The largest absolute Gasteiger partial charge is 0.408 e. The molecule has 0 saturated carbocycles. The van der Waals surface area contributed by atoms with Gasteiger partial charge in [0.1, 0.15) is 12.2 Å². The molecule has 0 radical (unpaired) electrons. The number of alkyl halides is 1. The van der Waals surface area contributed by atoms with Crippen LogP contribution in [0.4, 0.5) is 4.39 Å². The van der Waals surface area contributed by atoms with E-state index in [1.165, 1.54) is 0 Å². The highest BCUT2D eigenvalue weighted by Gasteiger charge is 2.50. The predicted octanol–water partition coefficient (Wildman–Crippen LogP) is 4.04. The molecule has 1 heterocycles. The molecule has 0 bridgehead atoms. The van der Waals surface area contributed by atoms with Gasteiger partial charge in [0, 0.05) is 0 Å². The molecule has 1 N–H and O–H groups in total. The Morgan fingerprint density at radius 2 is 1.76 bits per heavy atom. The van der Waals surface area contributed by atoms with Crippen molar-refractivity contribution in [2.24, 2.45) is 0 Å². The summed E-state index contributed by atoms with van der Waals surface area (Å²) in [5.41, 5.74) is 1.00. The van der Waals surface area contributed by atoms with Crippen molar-refractivity contribution in [3.05, 3.63) is 35.9 Å². The molecule has 1 saturated heterocycles. The van der Waals surface area contributed by atoms with Gasteiger partial charge in [-0.15, -0.1) is 0 Å². The third kappa shape index (κ3) is 4.89. The van der Waals surface area contributed by atoms with Crippen LogP contribution in [0.1, 0.15) is 33.3 Å².